The molecule has 0 spiro atoms. The highest BCUT2D eigenvalue weighted by Gasteiger charge is 2.24. The minimum absolute atomic E-state index is 0.188. The van der Waals surface area contributed by atoms with E-state index in [1.54, 1.807) is 7.11 Å². The first-order valence-corrected chi connectivity index (χ1v) is 6.66. The lowest BCUT2D eigenvalue weighted by atomic mass is 9.87. The summed E-state index contributed by atoms with van der Waals surface area (Å²) in [6.07, 6.45) is 3.25. The van der Waals surface area contributed by atoms with E-state index < -0.39 is 0 Å². The fourth-order valence-electron chi connectivity index (χ4n) is 2.62. The van der Waals surface area contributed by atoms with Gasteiger partial charge in [0.1, 0.15) is 11.8 Å². The number of nitrogens with one attached hydrogen (secondary N) is 1. The van der Waals surface area contributed by atoms with Gasteiger partial charge in [-0.1, -0.05) is 6.07 Å². The number of hydrogen-bond acceptors (Lipinski definition) is 4. The van der Waals surface area contributed by atoms with E-state index in [0.717, 1.165) is 25.0 Å². The highest BCUT2D eigenvalue weighted by molar-refractivity contribution is 5.75. The summed E-state index contributed by atoms with van der Waals surface area (Å²) < 4.78 is 10.0. The second-order valence-corrected chi connectivity index (χ2v) is 4.92. The predicted molar refractivity (Wildman–Crippen MR) is 73.3 cm³/mol. The van der Waals surface area contributed by atoms with Crippen LogP contribution in [0.2, 0.25) is 0 Å². The number of benzene rings is 1. The van der Waals surface area contributed by atoms with Crippen molar-refractivity contribution in [1.82, 2.24) is 5.32 Å². The van der Waals surface area contributed by atoms with Gasteiger partial charge in [0.25, 0.3) is 0 Å². The molecule has 2 atom stereocenters. The van der Waals surface area contributed by atoms with Crippen LogP contribution in [0.1, 0.15) is 36.9 Å². The summed E-state index contributed by atoms with van der Waals surface area (Å²) in [6.45, 7) is 1.83. The van der Waals surface area contributed by atoms with Crippen LogP contribution in [-0.2, 0) is 16.0 Å². The molecule has 4 heteroatoms. The molecule has 1 aromatic carbocycles. The number of rotatable bonds is 4. The van der Waals surface area contributed by atoms with Crippen molar-refractivity contribution < 1.29 is 14.3 Å². The van der Waals surface area contributed by atoms with Crippen LogP contribution in [0.5, 0.6) is 5.75 Å². The molecular formula is C15H21NO3. The number of fused-ring (bicyclic) bond motifs is 1. The van der Waals surface area contributed by atoms with Crippen molar-refractivity contribution >= 4 is 5.97 Å². The van der Waals surface area contributed by atoms with Crippen LogP contribution < -0.4 is 10.1 Å². The Bertz CT molecular complexity index is 459. The number of esters is 1. The zero-order valence-corrected chi connectivity index (χ0v) is 11.7. The Morgan fingerprint density at radius 3 is 2.89 bits per heavy atom. The number of methoxy groups -OCH3 is 2. The summed E-state index contributed by atoms with van der Waals surface area (Å²) in [4.78, 5) is 11.5. The Morgan fingerprint density at radius 1 is 1.42 bits per heavy atom. The molecule has 2 rings (SSSR count). The summed E-state index contributed by atoms with van der Waals surface area (Å²) in [5.41, 5.74) is 2.57. The van der Waals surface area contributed by atoms with E-state index in [9.17, 15) is 4.79 Å². The van der Waals surface area contributed by atoms with Gasteiger partial charge in [0, 0.05) is 6.04 Å². The van der Waals surface area contributed by atoms with Gasteiger partial charge in [-0.3, -0.25) is 10.1 Å². The third-order valence-corrected chi connectivity index (χ3v) is 3.67. The summed E-state index contributed by atoms with van der Waals surface area (Å²) in [6, 6.07) is 6.06. The van der Waals surface area contributed by atoms with E-state index in [0.29, 0.717) is 0 Å². The fourth-order valence-corrected chi connectivity index (χ4v) is 2.62. The maximum atomic E-state index is 11.5. The smallest absolute Gasteiger partial charge is 0.322 e. The van der Waals surface area contributed by atoms with Crippen LogP contribution in [0, 0.1) is 0 Å². The number of hydrogen-bond donors (Lipinski definition) is 1. The molecule has 0 heterocycles. The van der Waals surface area contributed by atoms with E-state index in [4.69, 9.17) is 9.47 Å². The molecular weight excluding hydrogens is 242 g/mol. The molecule has 0 radical (unpaired) electrons. The first kappa shape index (κ1) is 13.9. The van der Waals surface area contributed by atoms with E-state index >= 15 is 0 Å². The molecule has 1 unspecified atom stereocenters. The van der Waals surface area contributed by atoms with Crippen molar-refractivity contribution in [3.05, 3.63) is 29.3 Å². The molecule has 104 valence electrons. The monoisotopic (exact) mass is 263 g/mol. The van der Waals surface area contributed by atoms with Gasteiger partial charge in [-0.05, 0) is 49.4 Å². The Balaban J connectivity index is 2.18. The van der Waals surface area contributed by atoms with Gasteiger partial charge < -0.3 is 9.47 Å². The minimum Gasteiger partial charge on any atom is -0.497 e. The molecule has 0 aromatic heterocycles. The van der Waals surface area contributed by atoms with Crippen molar-refractivity contribution in [3.63, 3.8) is 0 Å². The number of carbonyl (C=O) groups excluding carboxylic acids is 1. The van der Waals surface area contributed by atoms with Gasteiger partial charge in [0.15, 0.2) is 0 Å². The normalized spacial score (nSPS) is 19.4. The molecule has 0 saturated heterocycles. The van der Waals surface area contributed by atoms with E-state index in [1.807, 2.05) is 13.0 Å². The maximum absolute atomic E-state index is 11.5. The van der Waals surface area contributed by atoms with Crippen molar-refractivity contribution in [2.75, 3.05) is 14.2 Å². The van der Waals surface area contributed by atoms with Crippen LogP contribution in [0.15, 0.2) is 18.2 Å². The topological polar surface area (TPSA) is 47.6 Å². The van der Waals surface area contributed by atoms with Crippen LogP contribution in [0.4, 0.5) is 0 Å². The zero-order valence-electron chi connectivity index (χ0n) is 11.7. The standard InChI is InChI=1S/C15H21NO3/c1-10(15(17)19-3)16-14-6-4-5-11-7-8-12(18-2)9-13(11)14/h7-10,14,16H,4-6H2,1-3H3/t10-,14?/m0/s1. The molecule has 19 heavy (non-hydrogen) atoms. The van der Waals surface area contributed by atoms with Gasteiger partial charge in [-0.15, -0.1) is 0 Å². The highest BCUT2D eigenvalue weighted by atomic mass is 16.5. The summed E-state index contributed by atoms with van der Waals surface area (Å²) in [7, 11) is 3.09. The van der Waals surface area contributed by atoms with Crippen molar-refractivity contribution in [3.8, 4) is 5.75 Å². The Kier molecular flexibility index (Phi) is 4.43. The van der Waals surface area contributed by atoms with Crippen LogP contribution in [0.25, 0.3) is 0 Å². The quantitative estimate of drug-likeness (QED) is 0.846. The van der Waals surface area contributed by atoms with Crippen molar-refractivity contribution in [1.29, 1.82) is 0 Å². The van der Waals surface area contributed by atoms with Crippen LogP contribution in [0.3, 0.4) is 0 Å². The molecule has 0 saturated carbocycles. The first-order chi connectivity index (χ1) is 9.15. The molecule has 4 nitrogen and oxygen atoms in total. The molecule has 0 aliphatic heterocycles. The summed E-state index contributed by atoms with van der Waals surface area (Å²) in [5, 5.41) is 3.35. The largest absolute Gasteiger partial charge is 0.497 e. The average molecular weight is 263 g/mol. The van der Waals surface area contributed by atoms with Gasteiger partial charge in [0.2, 0.25) is 0 Å². The lowest BCUT2D eigenvalue weighted by Crippen LogP contribution is -2.38. The molecule has 1 aromatic rings. The fraction of sp³-hybridized carbons (Fsp3) is 0.533. The van der Waals surface area contributed by atoms with E-state index in [-0.39, 0.29) is 18.1 Å². The van der Waals surface area contributed by atoms with Crippen molar-refractivity contribution in [2.45, 2.75) is 38.3 Å². The average Bonchev–Trinajstić information content (AvgIpc) is 2.46. The Morgan fingerprint density at radius 2 is 2.21 bits per heavy atom. The SMILES string of the molecule is COC(=O)[C@H](C)NC1CCCc2ccc(OC)cc21. The van der Waals surface area contributed by atoms with Gasteiger partial charge in [-0.2, -0.15) is 0 Å². The van der Waals surface area contributed by atoms with Crippen molar-refractivity contribution in [2.24, 2.45) is 0 Å². The molecule has 0 fully saturated rings. The molecule has 0 amide bonds. The lowest BCUT2D eigenvalue weighted by molar-refractivity contribution is -0.142. The number of aryl methyl sites for hydroxylation is 1. The predicted octanol–water partition coefficient (Wildman–Crippen LogP) is 2.22. The third-order valence-electron chi connectivity index (χ3n) is 3.67. The lowest BCUT2D eigenvalue weighted by Gasteiger charge is -2.28. The second-order valence-electron chi connectivity index (χ2n) is 4.92. The maximum Gasteiger partial charge on any atom is 0.322 e. The highest BCUT2D eigenvalue weighted by Crippen LogP contribution is 2.32. The van der Waals surface area contributed by atoms with Crippen LogP contribution >= 0.6 is 0 Å². The van der Waals surface area contributed by atoms with Gasteiger partial charge in [0.05, 0.1) is 14.2 Å². The zero-order chi connectivity index (χ0) is 13.8. The summed E-state index contributed by atoms with van der Waals surface area (Å²) in [5.74, 6) is 0.633. The Labute approximate surface area is 114 Å². The van der Waals surface area contributed by atoms with E-state index in [1.165, 1.54) is 18.2 Å². The molecule has 1 aliphatic carbocycles. The summed E-state index contributed by atoms with van der Waals surface area (Å²) >= 11 is 0. The molecule has 0 bridgehead atoms. The second kappa shape index (κ2) is 6.06. The molecule has 1 aliphatic rings. The van der Waals surface area contributed by atoms with E-state index in [2.05, 4.69) is 17.4 Å². The number of carbonyl (C=O) groups is 1. The number of ether oxygens (including phenoxy) is 2. The van der Waals surface area contributed by atoms with Crippen LogP contribution in [-0.4, -0.2) is 26.2 Å². The Hall–Kier alpha value is -1.55. The van der Waals surface area contributed by atoms with Gasteiger partial charge >= 0.3 is 5.97 Å². The first-order valence-electron chi connectivity index (χ1n) is 6.66. The third kappa shape index (κ3) is 3.07. The molecule has 1 N–H and O–H groups in total. The minimum atomic E-state index is -0.299. The van der Waals surface area contributed by atoms with Gasteiger partial charge in [-0.25, -0.2) is 0 Å².